The number of quaternary nitrogens is 1. The predicted octanol–water partition coefficient (Wildman–Crippen LogP) is 2.59. The van der Waals surface area contributed by atoms with Crippen molar-refractivity contribution in [1.82, 2.24) is 0 Å². The van der Waals surface area contributed by atoms with Crippen molar-refractivity contribution in [3.8, 4) is 0 Å². The van der Waals surface area contributed by atoms with Crippen LogP contribution in [0.1, 0.15) is 22.7 Å². The maximum Gasteiger partial charge on any atom is 0.140 e. The molecule has 0 aliphatic carbocycles. The van der Waals surface area contributed by atoms with Gasteiger partial charge in [-0.2, -0.15) is 0 Å². The van der Waals surface area contributed by atoms with Crippen LogP contribution in [0.25, 0.3) is 0 Å². The number of rotatable bonds is 2. The summed E-state index contributed by atoms with van der Waals surface area (Å²) in [6.45, 7) is 1.12. The third-order valence-electron chi connectivity index (χ3n) is 3.82. The van der Waals surface area contributed by atoms with Gasteiger partial charge in [-0.25, -0.2) is 0 Å². The maximum absolute atomic E-state index is 6.18. The lowest BCUT2D eigenvalue weighted by Gasteiger charge is -2.25. The van der Waals surface area contributed by atoms with Gasteiger partial charge in [-0.3, -0.25) is 0 Å². The van der Waals surface area contributed by atoms with Crippen LogP contribution < -0.4 is 10.6 Å². The first-order valence-corrected chi connectivity index (χ1v) is 7.05. The van der Waals surface area contributed by atoms with Crippen LogP contribution in [-0.4, -0.2) is 13.6 Å². The first-order valence-electron chi connectivity index (χ1n) is 6.68. The fraction of sp³-hybridized carbons (Fsp3) is 0.250. The summed E-state index contributed by atoms with van der Waals surface area (Å²) in [6, 6.07) is 15.1. The molecule has 0 radical (unpaired) electrons. The van der Waals surface area contributed by atoms with E-state index in [1.54, 1.807) is 0 Å². The summed E-state index contributed by atoms with van der Waals surface area (Å²) >= 11 is 6.18. The number of hydrogen-bond acceptors (Lipinski definition) is 1. The summed E-state index contributed by atoms with van der Waals surface area (Å²) in [5.74, 6) is 0. The normalized spacial score (nSPS) is 17.9. The van der Waals surface area contributed by atoms with Crippen LogP contribution in [0, 0.1) is 0 Å². The average molecular weight is 274 g/mol. The van der Waals surface area contributed by atoms with Gasteiger partial charge in [0.1, 0.15) is 6.04 Å². The van der Waals surface area contributed by atoms with Gasteiger partial charge < -0.3 is 10.6 Å². The van der Waals surface area contributed by atoms with E-state index in [0.29, 0.717) is 6.04 Å². The van der Waals surface area contributed by atoms with E-state index in [0.717, 1.165) is 23.7 Å². The third-order valence-corrected chi connectivity index (χ3v) is 4.06. The number of halogens is 1. The zero-order valence-corrected chi connectivity index (χ0v) is 11.7. The van der Waals surface area contributed by atoms with Crippen molar-refractivity contribution >= 4 is 17.3 Å². The minimum atomic E-state index is 0.339. The first-order chi connectivity index (χ1) is 9.29. The Balaban J connectivity index is 2.11. The molecular weight excluding hydrogens is 256 g/mol. The van der Waals surface area contributed by atoms with Gasteiger partial charge in [-0.1, -0.05) is 35.9 Å². The summed E-state index contributed by atoms with van der Waals surface area (Å²) in [7, 11) is 1.96. The molecule has 2 aromatic rings. The van der Waals surface area contributed by atoms with E-state index in [1.165, 1.54) is 16.7 Å². The van der Waals surface area contributed by atoms with Crippen LogP contribution in [0.5, 0.6) is 0 Å². The monoisotopic (exact) mass is 273 g/mol. The van der Waals surface area contributed by atoms with Crippen LogP contribution >= 0.6 is 11.6 Å². The minimum Gasteiger partial charge on any atom is -0.388 e. The standard InChI is InChI=1S/C16H17ClN2/c1-18-15-7-6-12(17)10-14(15)16-13-5-3-2-4-11(13)8-9-19-16/h2-7,10,16,18-19H,8-9H2,1H3/p+1/t16-/m0/s1. The van der Waals surface area contributed by atoms with Gasteiger partial charge in [0.15, 0.2) is 0 Å². The van der Waals surface area contributed by atoms with Crippen LogP contribution in [0.2, 0.25) is 5.02 Å². The first kappa shape index (κ1) is 12.5. The Morgan fingerprint density at radius 1 is 1.16 bits per heavy atom. The van der Waals surface area contributed by atoms with Crippen molar-refractivity contribution in [2.24, 2.45) is 0 Å². The molecule has 19 heavy (non-hydrogen) atoms. The smallest absolute Gasteiger partial charge is 0.140 e. The summed E-state index contributed by atoms with van der Waals surface area (Å²) < 4.78 is 0. The zero-order valence-electron chi connectivity index (χ0n) is 11.0. The molecular formula is C16H18ClN2+. The van der Waals surface area contributed by atoms with Crippen molar-refractivity contribution < 1.29 is 5.32 Å². The van der Waals surface area contributed by atoms with Gasteiger partial charge in [0.05, 0.1) is 6.54 Å². The van der Waals surface area contributed by atoms with Gasteiger partial charge in [0, 0.05) is 35.3 Å². The molecule has 0 fully saturated rings. The lowest BCUT2D eigenvalue weighted by molar-refractivity contribution is -0.689. The van der Waals surface area contributed by atoms with Crippen molar-refractivity contribution in [1.29, 1.82) is 0 Å². The van der Waals surface area contributed by atoms with Gasteiger partial charge in [0.25, 0.3) is 0 Å². The molecule has 3 N–H and O–H groups in total. The largest absolute Gasteiger partial charge is 0.388 e. The number of fused-ring (bicyclic) bond motifs is 1. The second kappa shape index (κ2) is 5.24. The molecule has 1 heterocycles. The fourth-order valence-electron chi connectivity index (χ4n) is 2.91. The van der Waals surface area contributed by atoms with E-state index >= 15 is 0 Å². The summed E-state index contributed by atoms with van der Waals surface area (Å²) in [6.07, 6.45) is 1.14. The molecule has 3 heteroatoms. The average Bonchev–Trinajstić information content (AvgIpc) is 2.46. The zero-order chi connectivity index (χ0) is 13.2. The lowest BCUT2D eigenvalue weighted by Crippen LogP contribution is -2.87. The highest BCUT2D eigenvalue weighted by molar-refractivity contribution is 6.30. The van der Waals surface area contributed by atoms with Gasteiger partial charge in [0.2, 0.25) is 0 Å². The Morgan fingerprint density at radius 3 is 2.84 bits per heavy atom. The molecule has 0 amide bonds. The lowest BCUT2D eigenvalue weighted by atomic mass is 9.89. The molecule has 0 saturated heterocycles. The second-order valence-corrected chi connectivity index (χ2v) is 5.37. The SMILES string of the molecule is CNc1ccc(Cl)cc1[C@H]1[NH2+]CCc2ccccc21. The minimum absolute atomic E-state index is 0.339. The number of anilines is 1. The van der Waals surface area contributed by atoms with Gasteiger partial charge in [-0.15, -0.1) is 0 Å². The number of benzene rings is 2. The quantitative estimate of drug-likeness (QED) is 0.865. The Morgan fingerprint density at radius 2 is 2.00 bits per heavy atom. The molecule has 3 rings (SSSR count). The van der Waals surface area contributed by atoms with Crippen LogP contribution in [0.3, 0.4) is 0 Å². The summed E-state index contributed by atoms with van der Waals surface area (Å²) in [5.41, 5.74) is 5.29. The van der Waals surface area contributed by atoms with Gasteiger partial charge >= 0.3 is 0 Å². The summed E-state index contributed by atoms with van der Waals surface area (Å²) in [4.78, 5) is 0. The molecule has 0 aromatic heterocycles. The molecule has 98 valence electrons. The molecule has 0 spiro atoms. The van der Waals surface area contributed by atoms with Gasteiger partial charge in [-0.05, 0) is 23.8 Å². The Kier molecular flexibility index (Phi) is 3.45. The summed E-state index contributed by atoms with van der Waals surface area (Å²) in [5, 5.41) is 6.47. The Hall–Kier alpha value is -1.51. The molecule has 2 aromatic carbocycles. The highest BCUT2D eigenvalue weighted by Gasteiger charge is 2.26. The van der Waals surface area contributed by atoms with Crippen LogP contribution in [0.4, 0.5) is 5.69 Å². The molecule has 1 atom stereocenters. The molecule has 0 unspecified atom stereocenters. The van der Waals surface area contributed by atoms with E-state index in [2.05, 4.69) is 47.0 Å². The molecule has 1 aliphatic rings. The molecule has 1 aliphatic heterocycles. The molecule has 2 nitrogen and oxygen atoms in total. The van der Waals surface area contributed by atoms with Crippen molar-refractivity contribution in [2.75, 3.05) is 18.9 Å². The van der Waals surface area contributed by atoms with E-state index < -0.39 is 0 Å². The topological polar surface area (TPSA) is 28.6 Å². The molecule has 0 saturated carbocycles. The Labute approximate surface area is 118 Å². The van der Waals surface area contributed by atoms with E-state index in [9.17, 15) is 0 Å². The van der Waals surface area contributed by atoms with Crippen LogP contribution in [0.15, 0.2) is 42.5 Å². The van der Waals surface area contributed by atoms with E-state index in [-0.39, 0.29) is 0 Å². The Bertz CT molecular complexity index is 595. The fourth-order valence-corrected chi connectivity index (χ4v) is 3.09. The third kappa shape index (κ3) is 2.34. The second-order valence-electron chi connectivity index (χ2n) is 4.93. The maximum atomic E-state index is 6.18. The number of nitrogens with one attached hydrogen (secondary N) is 1. The van der Waals surface area contributed by atoms with Crippen LogP contribution in [-0.2, 0) is 6.42 Å². The van der Waals surface area contributed by atoms with Crippen molar-refractivity contribution in [3.05, 3.63) is 64.2 Å². The van der Waals surface area contributed by atoms with Crippen molar-refractivity contribution in [2.45, 2.75) is 12.5 Å². The number of nitrogens with two attached hydrogens (primary N) is 1. The molecule has 0 bridgehead atoms. The predicted molar refractivity (Wildman–Crippen MR) is 79.8 cm³/mol. The highest BCUT2D eigenvalue weighted by Crippen LogP contribution is 2.31. The number of hydrogen-bond donors (Lipinski definition) is 2. The van der Waals surface area contributed by atoms with E-state index in [4.69, 9.17) is 11.6 Å². The van der Waals surface area contributed by atoms with E-state index in [1.807, 2.05) is 13.1 Å². The van der Waals surface area contributed by atoms with Crippen molar-refractivity contribution in [3.63, 3.8) is 0 Å². The highest BCUT2D eigenvalue weighted by atomic mass is 35.5.